The van der Waals surface area contributed by atoms with E-state index in [4.69, 9.17) is 9.47 Å². The smallest absolute Gasteiger partial charge is 0.422 e. The summed E-state index contributed by atoms with van der Waals surface area (Å²) in [5.74, 6) is -1.30. The van der Waals surface area contributed by atoms with Gasteiger partial charge < -0.3 is 19.1 Å². The van der Waals surface area contributed by atoms with Gasteiger partial charge in [-0.05, 0) is 24.6 Å². The van der Waals surface area contributed by atoms with E-state index in [1.165, 1.54) is 18.7 Å². The van der Waals surface area contributed by atoms with E-state index in [1.54, 1.807) is 31.2 Å². The normalized spacial score (nSPS) is 11.7. The largest absolute Gasteiger partial charge is 0.497 e. The van der Waals surface area contributed by atoms with Gasteiger partial charge in [-0.15, -0.1) is 0 Å². The number of aryl methyl sites for hydroxylation is 2. The first kappa shape index (κ1) is 21.2. The van der Waals surface area contributed by atoms with E-state index in [9.17, 15) is 27.9 Å². The molecule has 30 heavy (non-hydrogen) atoms. The lowest BCUT2D eigenvalue weighted by molar-refractivity contribution is -0.153. The molecule has 0 saturated heterocycles. The molecule has 0 atom stereocenters. The van der Waals surface area contributed by atoms with E-state index in [0.717, 1.165) is 4.57 Å². The number of benzene rings is 1. The van der Waals surface area contributed by atoms with Gasteiger partial charge in [0, 0.05) is 7.05 Å². The first-order valence-corrected chi connectivity index (χ1v) is 8.69. The van der Waals surface area contributed by atoms with Crippen molar-refractivity contribution in [1.29, 1.82) is 0 Å². The second-order valence-corrected chi connectivity index (χ2v) is 6.54. The van der Waals surface area contributed by atoms with Crippen molar-refractivity contribution in [2.24, 2.45) is 7.05 Å². The van der Waals surface area contributed by atoms with Crippen LogP contribution in [-0.2, 0) is 13.6 Å². The number of carbonyl (C=O) groups is 1. The van der Waals surface area contributed by atoms with E-state index < -0.39 is 35.8 Å². The SMILES string of the molecule is COc1ccc(Cn2c(C)nc3c(c(OCC(F)(F)F)c(C(=O)O)n3C)c2=O)cc1. The molecule has 1 aromatic carbocycles. The maximum Gasteiger partial charge on any atom is 0.422 e. The summed E-state index contributed by atoms with van der Waals surface area (Å²) in [7, 11) is 2.81. The Balaban J connectivity index is 2.18. The molecule has 2 heterocycles. The summed E-state index contributed by atoms with van der Waals surface area (Å²) in [6.45, 7) is -0.111. The average Bonchev–Trinajstić information content (AvgIpc) is 2.95. The number of aromatic nitrogens is 3. The van der Waals surface area contributed by atoms with Crippen LogP contribution in [0.5, 0.6) is 11.5 Å². The Morgan fingerprint density at radius 2 is 1.87 bits per heavy atom. The standard InChI is InChI=1S/C19H18F3N3O5/c1-10-23-16-13(15(30-9-19(20,21)22)14(18(27)28)24(16)2)17(26)25(10)8-11-4-6-12(29-3)7-5-11/h4-7H,8-9H2,1-3H3,(H,27,28). The van der Waals surface area contributed by atoms with Gasteiger partial charge in [0.2, 0.25) is 0 Å². The Kier molecular flexibility index (Phi) is 5.47. The number of fused-ring (bicyclic) bond motifs is 1. The van der Waals surface area contributed by atoms with Crippen molar-refractivity contribution < 1.29 is 32.5 Å². The number of methoxy groups -OCH3 is 1. The molecule has 1 N–H and O–H groups in total. The molecule has 8 nitrogen and oxygen atoms in total. The van der Waals surface area contributed by atoms with Crippen LogP contribution in [0.2, 0.25) is 0 Å². The van der Waals surface area contributed by atoms with Crippen LogP contribution in [0.3, 0.4) is 0 Å². The lowest BCUT2D eigenvalue weighted by Gasteiger charge is -2.12. The maximum atomic E-state index is 13.1. The molecule has 0 bridgehead atoms. The zero-order valence-electron chi connectivity index (χ0n) is 16.3. The van der Waals surface area contributed by atoms with E-state index in [-0.39, 0.29) is 23.4 Å². The molecule has 0 aliphatic heterocycles. The highest BCUT2D eigenvalue weighted by Gasteiger charge is 2.33. The van der Waals surface area contributed by atoms with Crippen LogP contribution in [0.15, 0.2) is 29.1 Å². The molecule has 0 saturated carbocycles. The summed E-state index contributed by atoms with van der Waals surface area (Å²) in [6, 6.07) is 6.85. The van der Waals surface area contributed by atoms with Crippen LogP contribution in [0.1, 0.15) is 21.9 Å². The third-order valence-corrected chi connectivity index (χ3v) is 4.52. The summed E-state index contributed by atoms with van der Waals surface area (Å²) < 4.78 is 50.2. The molecule has 3 rings (SSSR count). The molecule has 2 aromatic heterocycles. The number of ether oxygens (including phenoxy) is 2. The van der Waals surface area contributed by atoms with Crippen LogP contribution >= 0.6 is 0 Å². The fourth-order valence-corrected chi connectivity index (χ4v) is 3.10. The third kappa shape index (κ3) is 3.95. The Hall–Kier alpha value is -3.50. The number of hydrogen-bond acceptors (Lipinski definition) is 5. The number of halogens is 3. The fourth-order valence-electron chi connectivity index (χ4n) is 3.10. The van der Waals surface area contributed by atoms with E-state index in [0.29, 0.717) is 11.3 Å². The predicted octanol–water partition coefficient (Wildman–Crippen LogP) is 2.74. The van der Waals surface area contributed by atoms with Gasteiger partial charge in [0.25, 0.3) is 5.56 Å². The summed E-state index contributed by atoms with van der Waals surface area (Å²) >= 11 is 0. The van der Waals surface area contributed by atoms with Gasteiger partial charge in [-0.2, -0.15) is 13.2 Å². The number of carboxylic acid groups (broad SMARTS) is 1. The van der Waals surface area contributed by atoms with Gasteiger partial charge in [0.1, 0.15) is 17.0 Å². The number of carboxylic acids is 1. The third-order valence-electron chi connectivity index (χ3n) is 4.52. The second kappa shape index (κ2) is 7.73. The van der Waals surface area contributed by atoms with Crippen LogP contribution in [-0.4, -0.2) is 45.1 Å². The first-order valence-electron chi connectivity index (χ1n) is 8.69. The lowest BCUT2D eigenvalue weighted by atomic mass is 10.2. The fraction of sp³-hybridized carbons (Fsp3) is 0.316. The number of nitrogens with zero attached hydrogens (tertiary/aromatic N) is 3. The van der Waals surface area contributed by atoms with Gasteiger partial charge in [-0.25, -0.2) is 9.78 Å². The Bertz CT molecular complexity index is 1160. The Labute approximate surface area is 168 Å². The highest BCUT2D eigenvalue weighted by molar-refractivity contribution is 5.99. The van der Waals surface area contributed by atoms with Crippen molar-refractivity contribution in [2.45, 2.75) is 19.6 Å². The van der Waals surface area contributed by atoms with E-state index >= 15 is 0 Å². The van der Waals surface area contributed by atoms with Gasteiger partial charge >= 0.3 is 12.1 Å². The summed E-state index contributed by atoms with van der Waals surface area (Å²) in [5, 5.41) is 9.14. The second-order valence-electron chi connectivity index (χ2n) is 6.54. The summed E-state index contributed by atoms with van der Waals surface area (Å²) in [4.78, 5) is 29.0. The minimum Gasteiger partial charge on any atom is -0.497 e. The van der Waals surface area contributed by atoms with Crippen LogP contribution < -0.4 is 15.0 Å². The molecule has 160 valence electrons. The molecule has 0 aliphatic carbocycles. The quantitative estimate of drug-likeness (QED) is 0.653. The highest BCUT2D eigenvalue weighted by Crippen LogP contribution is 2.31. The zero-order chi connectivity index (χ0) is 22.2. The molecule has 0 spiro atoms. The van der Waals surface area contributed by atoms with Gasteiger partial charge in [0.05, 0.1) is 13.7 Å². The molecule has 0 radical (unpaired) electrons. The predicted molar refractivity (Wildman–Crippen MR) is 100 cm³/mol. The lowest BCUT2D eigenvalue weighted by Crippen LogP contribution is -2.25. The number of rotatable bonds is 6. The Morgan fingerprint density at radius 1 is 1.23 bits per heavy atom. The van der Waals surface area contributed by atoms with Gasteiger partial charge in [-0.1, -0.05) is 12.1 Å². The molecule has 0 fully saturated rings. The number of alkyl halides is 3. The molecule has 11 heteroatoms. The van der Waals surface area contributed by atoms with Crippen molar-refractivity contribution in [2.75, 3.05) is 13.7 Å². The van der Waals surface area contributed by atoms with Gasteiger partial charge in [0.15, 0.2) is 23.7 Å². The molecule has 0 amide bonds. The molecule has 0 unspecified atom stereocenters. The van der Waals surface area contributed by atoms with Crippen molar-refractivity contribution in [3.63, 3.8) is 0 Å². The number of hydrogen-bond donors (Lipinski definition) is 1. The van der Waals surface area contributed by atoms with Crippen LogP contribution in [0, 0.1) is 6.92 Å². The first-order chi connectivity index (χ1) is 14.0. The summed E-state index contributed by atoms with van der Waals surface area (Å²) in [6.07, 6.45) is -4.71. The average molecular weight is 425 g/mol. The van der Waals surface area contributed by atoms with Crippen LogP contribution in [0.25, 0.3) is 11.0 Å². The molecular weight excluding hydrogens is 407 g/mol. The topological polar surface area (TPSA) is 95.6 Å². The van der Waals surface area contributed by atoms with E-state index in [2.05, 4.69) is 4.98 Å². The minimum absolute atomic E-state index is 0.0712. The minimum atomic E-state index is -4.71. The Morgan fingerprint density at radius 3 is 2.40 bits per heavy atom. The molecule has 0 aliphatic rings. The van der Waals surface area contributed by atoms with Crippen molar-refractivity contribution in [1.82, 2.24) is 14.1 Å². The molecule has 3 aromatic rings. The zero-order valence-corrected chi connectivity index (χ0v) is 16.3. The maximum absolute atomic E-state index is 13.1. The van der Waals surface area contributed by atoms with E-state index in [1.807, 2.05) is 0 Å². The summed E-state index contributed by atoms with van der Waals surface area (Å²) in [5.41, 5.74) is -0.638. The van der Waals surface area contributed by atoms with Crippen molar-refractivity contribution in [3.8, 4) is 11.5 Å². The highest BCUT2D eigenvalue weighted by atomic mass is 19.4. The van der Waals surface area contributed by atoms with Gasteiger partial charge in [-0.3, -0.25) is 9.36 Å². The van der Waals surface area contributed by atoms with Crippen LogP contribution in [0.4, 0.5) is 13.2 Å². The number of aromatic carboxylic acids is 1. The molecular formula is C19H18F3N3O5. The monoisotopic (exact) mass is 425 g/mol. The van der Waals surface area contributed by atoms with Crippen molar-refractivity contribution >= 4 is 17.0 Å². The van der Waals surface area contributed by atoms with Crippen molar-refractivity contribution in [3.05, 3.63) is 51.7 Å².